The summed E-state index contributed by atoms with van der Waals surface area (Å²) in [6.45, 7) is 3.67. The van der Waals surface area contributed by atoms with Gasteiger partial charge in [-0.1, -0.05) is 24.3 Å². The van der Waals surface area contributed by atoms with E-state index in [1.807, 2.05) is 18.2 Å². The Hall–Kier alpha value is -3.09. The van der Waals surface area contributed by atoms with Crippen molar-refractivity contribution in [3.63, 3.8) is 0 Å². The average molecular weight is 339 g/mol. The number of rotatable bonds is 5. The van der Waals surface area contributed by atoms with E-state index in [0.29, 0.717) is 11.0 Å². The van der Waals surface area contributed by atoms with Gasteiger partial charge in [0.1, 0.15) is 6.33 Å². The molecule has 3 rings (SSSR count). The normalized spacial score (nSPS) is 11.0. The van der Waals surface area contributed by atoms with Gasteiger partial charge in [0.2, 0.25) is 0 Å². The smallest absolute Gasteiger partial charge is 0.326 e. The van der Waals surface area contributed by atoms with Crippen molar-refractivity contribution in [2.45, 2.75) is 19.8 Å². The zero-order valence-electron chi connectivity index (χ0n) is 13.9. The molecule has 0 spiro atoms. The summed E-state index contributed by atoms with van der Waals surface area (Å²) in [5.41, 5.74) is 0.681. The zero-order valence-corrected chi connectivity index (χ0v) is 13.9. The number of ether oxygens (including phenoxy) is 2. The topological polar surface area (TPSA) is 91.3 Å². The summed E-state index contributed by atoms with van der Waals surface area (Å²) in [4.78, 5) is 37.5. The molecule has 0 N–H and O–H groups in total. The van der Waals surface area contributed by atoms with Crippen LogP contribution in [0.15, 0.2) is 36.8 Å². The van der Waals surface area contributed by atoms with E-state index in [2.05, 4.69) is 15.0 Å². The van der Waals surface area contributed by atoms with Crippen molar-refractivity contribution < 1.29 is 19.1 Å². The molecule has 7 nitrogen and oxygen atoms in total. The van der Waals surface area contributed by atoms with E-state index in [0.717, 1.165) is 10.8 Å². The molecule has 0 radical (unpaired) electrons. The van der Waals surface area contributed by atoms with Gasteiger partial charge in [-0.15, -0.1) is 0 Å². The van der Waals surface area contributed by atoms with E-state index in [-0.39, 0.29) is 18.9 Å². The van der Waals surface area contributed by atoms with E-state index >= 15 is 0 Å². The average Bonchev–Trinajstić information content (AvgIpc) is 2.62. The molecule has 0 amide bonds. The van der Waals surface area contributed by atoms with Gasteiger partial charge in [0.05, 0.1) is 18.9 Å². The van der Waals surface area contributed by atoms with Gasteiger partial charge in [-0.25, -0.2) is 15.0 Å². The van der Waals surface area contributed by atoms with Gasteiger partial charge in [-0.2, -0.15) is 0 Å². The van der Waals surface area contributed by atoms with Crippen molar-refractivity contribution in [1.82, 2.24) is 15.0 Å². The quantitative estimate of drug-likeness (QED) is 0.400. The van der Waals surface area contributed by atoms with E-state index in [9.17, 15) is 9.59 Å². The van der Waals surface area contributed by atoms with Crippen LogP contribution in [0.1, 0.15) is 25.5 Å². The Kier molecular flexibility index (Phi) is 4.83. The van der Waals surface area contributed by atoms with Gasteiger partial charge >= 0.3 is 11.9 Å². The third-order valence-electron chi connectivity index (χ3n) is 3.73. The van der Waals surface area contributed by atoms with Gasteiger partial charge in [0, 0.05) is 17.0 Å². The molecule has 0 atom stereocenters. The molecule has 0 saturated carbocycles. The molecule has 25 heavy (non-hydrogen) atoms. The lowest BCUT2D eigenvalue weighted by molar-refractivity contribution is -0.157. The number of fused-ring (bicyclic) bond motifs is 3. The standard InChI is InChI=1S/C18H17N3O4/c1-3-24-17(22)14(18(23)25-4-2)15-12-8-6-5-7-11(12)13-9-19-10-20-16(13)21-15/h5-10,14H,3-4H2,1-2H3. The second-order valence-electron chi connectivity index (χ2n) is 5.24. The van der Waals surface area contributed by atoms with Crippen molar-refractivity contribution in [3.8, 4) is 0 Å². The minimum absolute atomic E-state index is 0.155. The number of aromatic nitrogens is 3. The lowest BCUT2D eigenvalue weighted by Crippen LogP contribution is -2.27. The second-order valence-corrected chi connectivity index (χ2v) is 5.24. The van der Waals surface area contributed by atoms with E-state index in [1.54, 1.807) is 26.1 Å². The number of hydrogen-bond acceptors (Lipinski definition) is 7. The first kappa shape index (κ1) is 16.8. The molecule has 0 aliphatic carbocycles. The highest BCUT2D eigenvalue weighted by molar-refractivity contribution is 6.10. The molecule has 2 aromatic heterocycles. The Labute approximate surface area is 144 Å². The van der Waals surface area contributed by atoms with Crippen molar-refractivity contribution >= 4 is 33.7 Å². The van der Waals surface area contributed by atoms with Gasteiger partial charge in [-0.3, -0.25) is 9.59 Å². The van der Waals surface area contributed by atoms with Crippen LogP contribution >= 0.6 is 0 Å². The van der Waals surface area contributed by atoms with Crippen LogP contribution in [0.5, 0.6) is 0 Å². The van der Waals surface area contributed by atoms with Gasteiger partial charge in [-0.05, 0) is 19.2 Å². The third-order valence-corrected chi connectivity index (χ3v) is 3.73. The van der Waals surface area contributed by atoms with Crippen LogP contribution in [0.4, 0.5) is 0 Å². The van der Waals surface area contributed by atoms with Crippen LogP contribution in [0, 0.1) is 0 Å². The summed E-state index contributed by atoms with van der Waals surface area (Å²) >= 11 is 0. The van der Waals surface area contributed by atoms with Crippen LogP contribution in [0.3, 0.4) is 0 Å². The maximum absolute atomic E-state index is 12.4. The van der Waals surface area contributed by atoms with Crippen LogP contribution in [-0.4, -0.2) is 40.1 Å². The first-order valence-corrected chi connectivity index (χ1v) is 7.99. The Morgan fingerprint density at radius 2 is 1.64 bits per heavy atom. The molecule has 0 saturated heterocycles. The maximum Gasteiger partial charge on any atom is 0.326 e. The molecular formula is C18H17N3O4. The number of carbonyl (C=O) groups is 2. The van der Waals surface area contributed by atoms with E-state index in [1.165, 1.54) is 6.33 Å². The number of pyridine rings is 1. The van der Waals surface area contributed by atoms with Crippen molar-refractivity contribution in [3.05, 3.63) is 42.5 Å². The van der Waals surface area contributed by atoms with Crippen LogP contribution in [0.25, 0.3) is 21.8 Å². The fourth-order valence-corrected chi connectivity index (χ4v) is 2.71. The lowest BCUT2D eigenvalue weighted by Gasteiger charge is -2.16. The molecule has 0 aliphatic rings. The molecular weight excluding hydrogens is 322 g/mol. The van der Waals surface area contributed by atoms with Gasteiger partial charge in [0.15, 0.2) is 11.6 Å². The van der Waals surface area contributed by atoms with Gasteiger partial charge < -0.3 is 9.47 Å². The van der Waals surface area contributed by atoms with Crippen molar-refractivity contribution in [2.75, 3.05) is 13.2 Å². The maximum atomic E-state index is 12.4. The highest BCUT2D eigenvalue weighted by Crippen LogP contribution is 2.30. The van der Waals surface area contributed by atoms with Gasteiger partial charge in [0.25, 0.3) is 0 Å². The third kappa shape index (κ3) is 3.13. The lowest BCUT2D eigenvalue weighted by atomic mass is 9.97. The zero-order chi connectivity index (χ0) is 17.8. The molecule has 1 aromatic carbocycles. The number of hydrogen-bond donors (Lipinski definition) is 0. The summed E-state index contributed by atoms with van der Waals surface area (Å²) in [5, 5.41) is 2.21. The fourth-order valence-electron chi connectivity index (χ4n) is 2.71. The van der Waals surface area contributed by atoms with Crippen molar-refractivity contribution in [1.29, 1.82) is 0 Å². The van der Waals surface area contributed by atoms with E-state index in [4.69, 9.17) is 9.47 Å². The molecule has 2 heterocycles. The molecule has 128 valence electrons. The summed E-state index contributed by atoms with van der Waals surface area (Å²) in [5.74, 6) is -2.64. The fraction of sp³-hybridized carbons (Fsp3) is 0.278. The summed E-state index contributed by atoms with van der Waals surface area (Å²) in [7, 11) is 0. The monoisotopic (exact) mass is 339 g/mol. The number of carbonyl (C=O) groups excluding carboxylic acids is 2. The minimum Gasteiger partial charge on any atom is -0.465 e. The predicted molar refractivity (Wildman–Crippen MR) is 90.8 cm³/mol. The van der Waals surface area contributed by atoms with Crippen LogP contribution in [0.2, 0.25) is 0 Å². The molecule has 3 aromatic rings. The first-order valence-electron chi connectivity index (χ1n) is 7.99. The van der Waals surface area contributed by atoms with E-state index < -0.39 is 17.9 Å². The minimum atomic E-state index is -1.26. The molecule has 0 fully saturated rings. The highest BCUT2D eigenvalue weighted by atomic mass is 16.6. The Bertz CT molecular complexity index is 924. The van der Waals surface area contributed by atoms with Crippen LogP contribution < -0.4 is 0 Å². The summed E-state index contributed by atoms with van der Waals surface area (Å²) in [6.07, 6.45) is 3.03. The van der Waals surface area contributed by atoms with Crippen molar-refractivity contribution in [2.24, 2.45) is 0 Å². The molecule has 0 aliphatic heterocycles. The molecule has 0 bridgehead atoms. The predicted octanol–water partition coefficient (Wildman–Crippen LogP) is 2.39. The largest absolute Gasteiger partial charge is 0.465 e. The Morgan fingerprint density at radius 3 is 2.28 bits per heavy atom. The number of benzene rings is 1. The molecule has 7 heteroatoms. The summed E-state index contributed by atoms with van der Waals surface area (Å²) < 4.78 is 10.1. The molecule has 0 unspecified atom stereocenters. The second kappa shape index (κ2) is 7.21. The Morgan fingerprint density at radius 1 is 1.00 bits per heavy atom. The number of esters is 2. The SMILES string of the molecule is CCOC(=O)C(C(=O)OCC)c1nc2ncncc2c2ccccc12. The van der Waals surface area contributed by atoms with Crippen LogP contribution in [-0.2, 0) is 19.1 Å². The first-order chi connectivity index (χ1) is 12.2. The Balaban J connectivity index is 2.28. The number of nitrogens with zero attached hydrogens (tertiary/aromatic N) is 3. The summed E-state index contributed by atoms with van der Waals surface area (Å²) in [6, 6.07) is 7.36. The highest BCUT2D eigenvalue weighted by Gasteiger charge is 2.34.